The molecular weight excluding hydrogens is 210 g/mol. The monoisotopic (exact) mass is 232 g/mol. The molecule has 2 heterocycles. The molecule has 0 saturated carbocycles. The highest BCUT2D eigenvalue weighted by Gasteiger charge is 2.39. The van der Waals surface area contributed by atoms with E-state index in [2.05, 4.69) is 23.6 Å². The summed E-state index contributed by atoms with van der Waals surface area (Å²) in [7, 11) is 0. The van der Waals surface area contributed by atoms with Gasteiger partial charge in [-0.25, -0.2) is 8.78 Å². The van der Waals surface area contributed by atoms with Crippen LogP contribution in [0.4, 0.5) is 8.78 Å². The van der Waals surface area contributed by atoms with Crippen molar-refractivity contribution in [3.8, 4) is 0 Å². The van der Waals surface area contributed by atoms with E-state index in [-0.39, 0.29) is 12.8 Å². The Morgan fingerprint density at radius 2 is 1.75 bits per heavy atom. The molecule has 2 nitrogen and oxygen atoms in total. The summed E-state index contributed by atoms with van der Waals surface area (Å²) < 4.78 is 25.9. The van der Waals surface area contributed by atoms with Gasteiger partial charge >= 0.3 is 0 Å². The number of hydrogen-bond donors (Lipinski definition) is 0. The van der Waals surface area contributed by atoms with Crippen LogP contribution in [0.15, 0.2) is 0 Å². The van der Waals surface area contributed by atoms with Gasteiger partial charge in [0.25, 0.3) is 5.92 Å². The Bertz CT molecular complexity index is 227. The zero-order chi connectivity index (χ0) is 11.8. The predicted molar refractivity (Wildman–Crippen MR) is 60.8 cm³/mol. The number of alkyl halides is 2. The molecule has 0 amide bonds. The van der Waals surface area contributed by atoms with E-state index in [0.717, 1.165) is 19.6 Å². The molecule has 2 aliphatic rings. The van der Waals surface area contributed by atoms with Crippen LogP contribution in [0.1, 0.15) is 26.7 Å². The third kappa shape index (κ3) is 2.92. The highest BCUT2D eigenvalue weighted by molar-refractivity contribution is 4.91. The summed E-state index contributed by atoms with van der Waals surface area (Å²) in [6.45, 7) is 8.87. The van der Waals surface area contributed by atoms with Crippen LogP contribution in [-0.2, 0) is 0 Å². The molecule has 0 spiro atoms. The number of likely N-dealkylation sites (tertiary alicyclic amines) is 2. The number of rotatable bonds is 3. The van der Waals surface area contributed by atoms with Crippen molar-refractivity contribution < 1.29 is 8.78 Å². The second-order valence-electron chi connectivity index (χ2n) is 5.66. The van der Waals surface area contributed by atoms with Crippen molar-refractivity contribution in [3.05, 3.63) is 0 Å². The minimum absolute atomic E-state index is 0.0493. The minimum atomic E-state index is -2.40. The van der Waals surface area contributed by atoms with E-state index in [9.17, 15) is 8.78 Å². The third-order valence-electron chi connectivity index (χ3n) is 3.61. The summed E-state index contributed by atoms with van der Waals surface area (Å²) in [4.78, 5) is 4.66. The Morgan fingerprint density at radius 3 is 2.25 bits per heavy atom. The summed E-state index contributed by atoms with van der Waals surface area (Å²) in [5.41, 5.74) is 0. The number of hydrogen-bond acceptors (Lipinski definition) is 2. The van der Waals surface area contributed by atoms with Crippen LogP contribution in [0.3, 0.4) is 0 Å². The first-order valence-corrected chi connectivity index (χ1v) is 6.30. The van der Waals surface area contributed by atoms with Gasteiger partial charge in [0.1, 0.15) is 0 Å². The van der Waals surface area contributed by atoms with Gasteiger partial charge in [0.2, 0.25) is 0 Å². The van der Waals surface area contributed by atoms with E-state index in [1.165, 1.54) is 0 Å². The molecule has 2 fully saturated rings. The molecular formula is C12H22F2N2. The topological polar surface area (TPSA) is 6.48 Å². The van der Waals surface area contributed by atoms with Crippen molar-refractivity contribution in [2.24, 2.45) is 5.92 Å². The van der Waals surface area contributed by atoms with Gasteiger partial charge in [-0.05, 0) is 5.92 Å². The molecule has 0 bridgehead atoms. The van der Waals surface area contributed by atoms with Gasteiger partial charge in [0, 0.05) is 51.6 Å². The minimum Gasteiger partial charge on any atom is -0.300 e. The fourth-order valence-corrected chi connectivity index (χ4v) is 2.66. The van der Waals surface area contributed by atoms with E-state index in [1.54, 1.807) is 0 Å². The van der Waals surface area contributed by atoms with Gasteiger partial charge < -0.3 is 0 Å². The summed E-state index contributed by atoms with van der Waals surface area (Å²) in [5.74, 6) is -1.70. The summed E-state index contributed by atoms with van der Waals surface area (Å²) in [6.07, 6.45) is 0.0986. The van der Waals surface area contributed by atoms with Crippen LogP contribution < -0.4 is 0 Å². The molecule has 0 unspecified atom stereocenters. The van der Waals surface area contributed by atoms with Crippen molar-refractivity contribution in [2.75, 3.05) is 32.7 Å². The normalized spacial score (nSPS) is 28.3. The fourth-order valence-electron chi connectivity index (χ4n) is 2.66. The number of halogens is 2. The van der Waals surface area contributed by atoms with Gasteiger partial charge in [-0.2, -0.15) is 0 Å². The molecule has 2 saturated heterocycles. The Labute approximate surface area is 96.6 Å². The number of nitrogens with zero attached hydrogens (tertiary/aromatic N) is 2. The lowest BCUT2D eigenvalue weighted by Gasteiger charge is -2.48. The SMILES string of the molecule is CC(C)CN1CC(N2CCC(F)(F)CC2)C1. The van der Waals surface area contributed by atoms with Crippen molar-refractivity contribution in [1.29, 1.82) is 0 Å². The molecule has 4 heteroatoms. The highest BCUT2D eigenvalue weighted by atomic mass is 19.3. The van der Waals surface area contributed by atoms with Crippen LogP contribution in [-0.4, -0.2) is 54.5 Å². The lowest BCUT2D eigenvalue weighted by Crippen LogP contribution is -2.61. The maximum absolute atomic E-state index is 13.0. The van der Waals surface area contributed by atoms with Gasteiger partial charge in [0.15, 0.2) is 0 Å². The number of piperidine rings is 1. The predicted octanol–water partition coefficient (Wildman–Crippen LogP) is 2.06. The smallest absolute Gasteiger partial charge is 0.250 e. The van der Waals surface area contributed by atoms with E-state index in [1.807, 2.05) is 0 Å². The molecule has 0 aromatic rings. The van der Waals surface area contributed by atoms with E-state index < -0.39 is 5.92 Å². The molecule has 16 heavy (non-hydrogen) atoms. The first kappa shape index (κ1) is 12.2. The van der Waals surface area contributed by atoms with Crippen LogP contribution in [0.25, 0.3) is 0 Å². The fraction of sp³-hybridized carbons (Fsp3) is 1.00. The van der Waals surface area contributed by atoms with Gasteiger partial charge in [-0.1, -0.05) is 13.8 Å². The van der Waals surface area contributed by atoms with Crippen molar-refractivity contribution in [3.63, 3.8) is 0 Å². The molecule has 0 aliphatic carbocycles. The molecule has 0 N–H and O–H groups in total. The van der Waals surface area contributed by atoms with E-state index in [4.69, 9.17) is 0 Å². The molecule has 0 aromatic carbocycles. The lowest BCUT2D eigenvalue weighted by atomic mass is 9.99. The largest absolute Gasteiger partial charge is 0.300 e. The van der Waals surface area contributed by atoms with Crippen molar-refractivity contribution >= 4 is 0 Å². The first-order chi connectivity index (χ1) is 7.46. The van der Waals surface area contributed by atoms with Crippen LogP contribution in [0.5, 0.6) is 0 Å². The average Bonchev–Trinajstić information content (AvgIpc) is 2.11. The van der Waals surface area contributed by atoms with Crippen LogP contribution in [0.2, 0.25) is 0 Å². The lowest BCUT2D eigenvalue weighted by molar-refractivity contribution is -0.0805. The standard InChI is InChI=1S/C12H22F2N2/c1-10(2)7-15-8-11(9-15)16-5-3-12(13,14)4-6-16/h10-11H,3-9H2,1-2H3. The van der Waals surface area contributed by atoms with E-state index in [0.29, 0.717) is 25.0 Å². The summed E-state index contributed by atoms with van der Waals surface area (Å²) in [5, 5.41) is 0. The third-order valence-corrected chi connectivity index (χ3v) is 3.61. The van der Waals surface area contributed by atoms with Gasteiger partial charge in [-0.3, -0.25) is 9.80 Å². The van der Waals surface area contributed by atoms with Crippen molar-refractivity contribution in [1.82, 2.24) is 9.80 Å². The zero-order valence-corrected chi connectivity index (χ0v) is 10.3. The second kappa shape index (κ2) is 4.57. The Hall–Kier alpha value is -0.220. The van der Waals surface area contributed by atoms with Crippen LogP contribution in [0, 0.1) is 5.92 Å². The first-order valence-electron chi connectivity index (χ1n) is 6.30. The molecule has 0 radical (unpaired) electrons. The molecule has 0 atom stereocenters. The maximum atomic E-state index is 13.0. The average molecular weight is 232 g/mol. The van der Waals surface area contributed by atoms with Gasteiger partial charge in [-0.15, -0.1) is 0 Å². The Morgan fingerprint density at radius 1 is 1.19 bits per heavy atom. The molecule has 2 rings (SSSR count). The highest BCUT2D eigenvalue weighted by Crippen LogP contribution is 2.30. The summed E-state index contributed by atoms with van der Waals surface area (Å²) in [6, 6.07) is 0.537. The summed E-state index contributed by atoms with van der Waals surface area (Å²) >= 11 is 0. The molecule has 2 aliphatic heterocycles. The second-order valence-corrected chi connectivity index (χ2v) is 5.66. The maximum Gasteiger partial charge on any atom is 0.250 e. The zero-order valence-electron chi connectivity index (χ0n) is 10.3. The van der Waals surface area contributed by atoms with Crippen LogP contribution >= 0.6 is 0 Å². The molecule has 94 valence electrons. The quantitative estimate of drug-likeness (QED) is 0.735. The molecule has 0 aromatic heterocycles. The Kier molecular flexibility index (Phi) is 3.50. The van der Waals surface area contributed by atoms with E-state index >= 15 is 0 Å². The Balaban J connectivity index is 1.69. The van der Waals surface area contributed by atoms with Gasteiger partial charge in [0.05, 0.1) is 0 Å². The van der Waals surface area contributed by atoms with Crippen molar-refractivity contribution in [2.45, 2.75) is 38.7 Å².